The van der Waals surface area contributed by atoms with Crippen LogP contribution in [0.5, 0.6) is 0 Å². The molecule has 0 aliphatic heterocycles. The van der Waals surface area contributed by atoms with E-state index in [-0.39, 0.29) is 11.0 Å². The molecule has 0 aliphatic rings. The number of carbonyl (C=O) groups is 1. The van der Waals surface area contributed by atoms with Crippen LogP contribution in [-0.4, -0.2) is 22.2 Å². The van der Waals surface area contributed by atoms with E-state index in [1.807, 2.05) is 0 Å². The molecule has 0 heterocycles. The Morgan fingerprint density at radius 2 is 1.50 bits per heavy atom. The first-order valence-corrected chi connectivity index (χ1v) is 0.716. The fourth-order valence-electron chi connectivity index (χ4n) is 0. The number of amides is 1. The van der Waals surface area contributed by atoms with E-state index in [1.54, 1.807) is 0 Å². The Balaban J connectivity index is -0.0000000450. The second kappa shape index (κ2) is 8.89. The van der Waals surface area contributed by atoms with Gasteiger partial charge < -0.3 is 21.8 Å². The lowest BCUT2D eigenvalue weighted by Crippen LogP contribution is -2.03. The Bertz CT molecular complexity index is 30.5. The molecular formula is CH7NO4. The molecule has 0 saturated carbocycles. The fraction of sp³-hybridized carbons (Fsp3) is 0. The summed E-state index contributed by atoms with van der Waals surface area (Å²) in [5, 5.41) is 7.19. The largest absolute Gasteiger partial charge is 0.465 e. The summed E-state index contributed by atoms with van der Waals surface area (Å²) < 4.78 is 0. The quantitative estimate of drug-likeness (QED) is 0.361. The summed E-state index contributed by atoms with van der Waals surface area (Å²) >= 11 is 0. The lowest BCUT2D eigenvalue weighted by Gasteiger charge is -1.61. The number of carboxylic acid groups (broad SMARTS) is 1. The second-order valence-electron chi connectivity index (χ2n) is 0.338. The SMILES string of the molecule is NC(=O)O.O.O. The van der Waals surface area contributed by atoms with Crippen LogP contribution < -0.4 is 5.73 Å². The van der Waals surface area contributed by atoms with Crippen LogP contribution in [0.2, 0.25) is 0 Å². The van der Waals surface area contributed by atoms with Gasteiger partial charge in [0.1, 0.15) is 0 Å². The molecule has 6 heavy (non-hydrogen) atoms. The van der Waals surface area contributed by atoms with Crippen LogP contribution in [0.15, 0.2) is 0 Å². The second-order valence-corrected chi connectivity index (χ2v) is 0.338. The van der Waals surface area contributed by atoms with E-state index in [9.17, 15) is 0 Å². The van der Waals surface area contributed by atoms with Gasteiger partial charge in [0.2, 0.25) is 0 Å². The van der Waals surface area contributed by atoms with Crippen LogP contribution in [0.4, 0.5) is 4.79 Å². The van der Waals surface area contributed by atoms with Crippen LogP contribution in [-0.2, 0) is 0 Å². The van der Waals surface area contributed by atoms with Gasteiger partial charge in [0.15, 0.2) is 0 Å². The van der Waals surface area contributed by atoms with Gasteiger partial charge in [-0.1, -0.05) is 0 Å². The topological polar surface area (TPSA) is 126 Å². The predicted octanol–water partition coefficient (Wildman–Crippen LogP) is -2.03. The average Bonchev–Trinajstić information content (AvgIpc) is 0.811. The molecule has 5 heteroatoms. The third kappa shape index (κ3) is 23.3. The molecule has 0 aromatic carbocycles. The highest BCUT2D eigenvalue weighted by atomic mass is 16.4. The average molecular weight is 97.1 g/mol. The van der Waals surface area contributed by atoms with Crippen molar-refractivity contribution in [3.8, 4) is 0 Å². The molecule has 0 radical (unpaired) electrons. The number of rotatable bonds is 0. The molecule has 0 rings (SSSR count). The van der Waals surface area contributed by atoms with Gasteiger partial charge in [0.25, 0.3) is 0 Å². The van der Waals surface area contributed by atoms with Crippen molar-refractivity contribution in [1.29, 1.82) is 0 Å². The fourth-order valence-corrected chi connectivity index (χ4v) is 0. The van der Waals surface area contributed by atoms with Crippen molar-refractivity contribution >= 4 is 6.09 Å². The Hall–Kier alpha value is -0.810. The van der Waals surface area contributed by atoms with Crippen molar-refractivity contribution in [2.75, 3.05) is 0 Å². The third-order valence-corrected chi connectivity index (χ3v) is 0. The highest BCUT2D eigenvalue weighted by molar-refractivity contribution is 5.61. The van der Waals surface area contributed by atoms with Gasteiger partial charge in [-0.05, 0) is 0 Å². The third-order valence-electron chi connectivity index (χ3n) is 0. The molecule has 0 fully saturated rings. The monoisotopic (exact) mass is 97.0 g/mol. The zero-order valence-electron chi connectivity index (χ0n) is 2.93. The first-order valence-electron chi connectivity index (χ1n) is 0.716. The summed E-state index contributed by atoms with van der Waals surface area (Å²) in [6.45, 7) is 0. The van der Waals surface area contributed by atoms with Crippen LogP contribution in [0, 0.1) is 0 Å². The van der Waals surface area contributed by atoms with Gasteiger partial charge in [0, 0.05) is 0 Å². The van der Waals surface area contributed by atoms with Gasteiger partial charge in [-0.25, -0.2) is 4.79 Å². The molecule has 5 nitrogen and oxygen atoms in total. The summed E-state index contributed by atoms with van der Waals surface area (Å²) in [6.07, 6.45) is -1.33. The molecule has 7 N–H and O–H groups in total. The molecule has 0 unspecified atom stereocenters. The van der Waals surface area contributed by atoms with Crippen molar-refractivity contribution in [3.63, 3.8) is 0 Å². The molecule has 0 aliphatic carbocycles. The highest BCUT2D eigenvalue weighted by Crippen LogP contribution is 1.34. The first-order chi connectivity index (χ1) is 1.73. The summed E-state index contributed by atoms with van der Waals surface area (Å²) in [6, 6.07) is 0. The summed E-state index contributed by atoms with van der Waals surface area (Å²) in [4.78, 5) is 8.78. The first kappa shape index (κ1) is 19.0. The molecule has 40 valence electrons. The van der Waals surface area contributed by atoms with E-state index in [2.05, 4.69) is 5.73 Å². The Morgan fingerprint density at radius 3 is 1.50 bits per heavy atom. The molecule has 0 bridgehead atoms. The zero-order valence-corrected chi connectivity index (χ0v) is 2.93. The Morgan fingerprint density at radius 1 is 1.50 bits per heavy atom. The number of primary amides is 1. The van der Waals surface area contributed by atoms with Gasteiger partial charge in [-0.2, -0.15) is 0 Å². The van der Waals surface area contributed by atoms with E-state index in [0.29, 0.717) is 0 Å². The Labute approximate surface area is 34.0 Å². The van der Waals surface area contributed by atoms with Gasteiger partial charge in [0.05, 0.1) is 0 Å². The molecular weight excluding hydrogens is 90.0 g/mol. The maximum absolute atomic E-state index is 8.78. The number of nitrogens with two attached hydrogens (primary N) is 1. The maximum atomic E-state index is 8.78. The maximum Gasteiger partial charge on any atom is 0.402 e. The molecule has 1 amide bonds. The van der Waals surface area contributed by atoms with E-state index in [1.165, 1.54) is 0 Å². The normalized spacial score (nSPS) is 4.00. The van der Waals surface area contributed by atoms with E-state index in [4.69, 9.17) is 9.90 Å². The van der Waals surface area contributed by atoms with Crippen LogP contribution >= 0.6 is 0 Å². The molecule has 0 aromatic rings. The van der Waals surface area contributed by atoms with Crippen molar-refractivity contribution in [2.24, 2.45) is 5.73 Å². The van der Waals surface area contributed by atoms with E-state index in [0.717, 1.165) is 0 Å². The summed E-state index contributed by atoms with van der Waals surface area (Å²) in [5.41, 5.74) is 4.03. The summed E-state index contributed by atoms with van der Waals surface area (Å²) in [7, 11) is 0. The van der Waals surface area contributed by atoms with Crippen LogP contribution in [0.1, 0.15) is 0 Å². The minimum Gasteiger partial charge on any atom is -0.465 e. The summed E-state index contributed by atoms with van der Waals surface area (Å²) in [5.74, 6) is 0. The number of hydrogen-bond acceptors (Lipinski definition) is 1. The zero-order chi connectivity index (χ0) is 3.58. The van der Waals surface area contributed by atoms with Crippen molar-refractivity contribution in [2.45, 2.75) is 0 Å². The minimum absolute atomic E-state index is 0. The van der Waals surface area contributed by atoms with Crippen LogP contribution in [0.3, 0.4) is 0 Å². The van der Waals surface area contributed by atoms with Crippen molar-refractivity contribution in [1.82, 2.24) is 0 Å². The lowest BCUT2D eigenvalue weighted by molar-refractivity contribution is 0.205. The minimum atomic E-state index is -1.33. The van der Waals surface area contributed by atoms with Crippen molar-refractivity contribution in [3.05, 3.63) is 0 Å². The van der Waals surface area contributed by atoms with Gasteiger partial charge in [-0.3, -0.25) is 0 Å². The van der Waals surface area contributed by atoms with E-state index < -0.39 is 6.09 Å². The lowest BCUT2D eigenvalue weighted by atomic mass is 11.3. The molecule has 0 aromatic heterocycles. The molecule has 0 spiro atoms. The molecule has 0 atom stereocenters. The highest BCUT2D eigenvalue weighted by Gasteiger charge is 1.65. The Kier molecular flexibility index (Phi) is 28.1. The smallest absolute Gasteiger partial charge is 0.402 e. The van der Waals surface area contributed by atoms with Crippen molar-refractivity contribution < 1.29 is 20.9 Å². The molecule has 0 saturated heterocycles. The number of hydrogen-bond donors (Lipinski definition) is 2. The standard InChI is InChI=1S/CH3NO2.2H2O/c2-1(3)4;;/h2H2,(H,3,4);2*1H2. The predicted molar refractivity (Wildman–Crippen MR) is 19.4 cm³/mol. The van der Waals surface area contributed by atoms with Crippen LogP contribution in [0.25, 0.3) is 0 Å². The van der Waals surface area contributed by atoms with Gasteiger partial charge in [-0.15, -0.1) is 0 Å². The van der Waals surface area contributed by atoms with E-state index >= 15 is 0 Å². The van der Waals surface area contributed by atoms with Gasteiger partial charge >= 0.3 is 6.09 Å².